The summed E-state index contributed by atoms with van der Waals surface area (Å²) >= 11 is 0. The molecule has 1 aliphatic heterocycles. The minimum Gasteiger partial charge on any atom is -0.374 e. The number of benzene rings is 4. The molecular weight excluding hydrogens is 540 g/mol. The fourth-order valence-corrected chi connectivity index (χ4v) is 5.15. The molecule has 0 bridgehead atoms. The molecule has 0 aromatic heterocycles. The molecule has 1 saturated heterocycles. The van der Waals surface area contributed by atoms with Crippen molar-refractivity contribution in [1.82, 2.24) is 0 Å². The number of hydrogen-bond donors (Lipinski definition) is 0. The van der Waals surface area contributed by atoms with E-state index in [1.165, 1.54) is 0 Å². The second-order valence-corrected chi connectivity index (χ2v) is 10.6. The lowest BCUT2D eigenvalue weighted by Crippen LogP contribution is -2.61. The lowest BCUT2D eigenvalue weighted by atomic mass is 9.91. The molecule has 0 aliphatic carbocycles. The summed E-state index contributed by atoms with van der Waals surface area (Å²) in [6.07, 6.45) is -2.38. The number of aldehydes is 1. The van der Waals surface area contributed by atoms with Gasteiger partial charge >= 0.3 is 0 Å². The van der Waals surface area contributed by atoms with Crippen molar-refractivity contribution in [1.29, 1.82) is 0 Å². The van der Waals surface area contributed by atoms with Crippen molar-refractivity contribution < 1.29 is 28.5 Å². The van der Waals surface area contributed by atoms with Crippen LogP contribution < -0.4 is 0 Å². The van der Waals surface area contributed by atoms with Gasteiger partial charge in [0.1, 0.15) is 36.8 Å². The highest BCUT2D eigenvalue weighted by Gasteiger charge is 2.49. The van der Waals surface area contributed by atoms with Gasteiger partial charge in [0, 0.05) is 5.57 Å². The van der Waals surface area contributed by atoms with E-state index in [2.05, 4.69) is 6.58 Å². The first-order valence-electron chi connectivity index (χ1n) is 14.6. The van der Waals surface area contributed by atoms with E-state index in [0.29, 0.717) is 26.4 Å². The molecule has 0 amide bonds. The molecule has 1 heterocycles. The zero-order chi connectivity index (χ0) is 29.7. The van der Waals surface area contributed by atoms with Crippen LogP contribution in [0.2, 0.25) is 0 Å². The molecule has 6 heteroatoms. The Hall–Kier alpha value is -3.91. The van der Waals surface area contributed by atoms with Crippen LogP contribution in [0.1, 0.15) is 22.3 Å². The van der Waals surface area contributed by atoms with E-state index in [-0.39, 0.29) is 12.2 Å². The molecular formula is C37H38O6. The quantitative estimate of drug-likeness (QED) is 0.119. The van der Waals surface area contributed by atoms with Gasteiger partial charge in [0.25, 0.3) is 0 Å². The smallest absolute Gasteiger partial charge is 0.148 e. The molecule has 222 valence electrons. The Morgan fingerprint density at radius 3 is 1.42 bits per heavy atom. The number of hydrogen-bond acceptors (Lipinski definition) is 6. The number of ether oxygens (including phenoxy) is 5. The van der Waals surface area contributed by atoms with Crippen molar-refractivity contribution in [3.8, 4) is 0 Å². The predicted octanol–water partition coefficient (Wildman–Crippen LogP) is 6.48. The summed E-state index contributed by atoms with van der Waals surface area (Å²) in [5.74, 6) is 0. The lowest BCUT2D eigenvalue weighted by Gasteiger charge is -2.46. The molecule has 5 rings (SSSR count). The molecule has 1 aliphatic rings. The average molecular weight is 579 g/mol. The van der Waals surface area contributed by atoms with Gasteiger partial charge in [-0.25, -0.2) is 0 Å². The highest BCUT2D eigenvalue weighted by atomic mass is 16.6. The summed E-state index contributed by atoms with van der Waals surface area (Å²) in [5.41, 5.74) is 4.36. The Balaban J connectivity index is 1.44. The van der Waals surface area contributed by atoms with Gasteiger partial charge in [0.05, 0.1) is 33.0 Å². The molecule has 0 saturated carbocycles. The van der Waals surface area contributed by atoms with Crippen molar-refractivity contribution in [2.24, 2.45) is 0 Å². The van der Waals surface area contributed by atoms with Crippen molar-refractivity contribution in [2.45, 2.75) is 56.9 Å². The molecule has 43 heavy (non-hydrogen) atoms. The molecule has 1 fully saturated rings. The van der Waals surface area contributed by atoms with Crippen LogP contribution >= 0.6 is 0 Å². The van der Waals surface area contributed by atoms with Gasteiger partial charge in [-0.2, -0.15) is 0 Å². The number of rotatable bonds is 15. The largest absolute Gasteiger partial charge is 0.374 e. The number of carbonyl (C=O) groups excluding carboxylic acids is 1. The van der Waals surface area contributed by atoms with Gasteiger partial charge in [0.15, 0.2) is 0 Å². The maximum atomic E-state index is 12.1. The zero-order valence-electron chi connectivity index (χ0n) is 24.2. The normalized spacial score (nSPS) is 21.7. The highest BCUT2D eigenvalue weighted by molar-refractivity contribution is 5.74. The standard InChI is InChI=1S/C37H38O6/c1-28(22-38)34-36(41-25-31-18-10-4-11-19-31)37(42-26-32-20-12-5-13-21-32)35(40-24-30-16-8-3-9-17-30)33(43-34)27-39-23-29-14-6-2-7-15-29/h2-22,33-37H,1,23-27H2/t33-,34-,35-,36-,37+/m1/s1. The molecule has 4 aromatic rings. The first-order valence-corrected chi connectivity index (χ1v) is 14.6. The maximum Gasteiger partial charge on any atom is 0.148 e. The SMILES string of the molecule is C=C(C=O)[C@H]1O[C@H](COCc2ccccc2)[C@@H](OCc2ccccc2)[C@H](OCc2ccccc2)[C@@H]1OCc1ccccc1. The van der Waals surface area contributed by atoms with Crippen LogP contribution in [0.15, 0.2) is 133 Å². The Morgan fingerprint density at radius 1 is 0.581 bits per heavy atom. The van der Waals surface area contributed by atoms with E-state index in [1.54, 1.807) is 0 Å². The fraction of sp³-hybridized carbons (Fsp3) is 0.270. The summed E-state index contributed by atoms with van der Waals surface area (Å²) in [7, 11) is 0. The van der Waals surface area contributed by atoms with Crippen LogP contribution in [0.3, 0.4) is 0 Å². The Kier molecular flexibility index (Phi) is 11.4. The molecule has 6 nitrogen and oxygen atoms in total. The van der Waals surface area contributed by atoms with Crippen molar-refractivity contribution in [3.05, 3.63) is 156 Å². The third-order valence-corrected chi connectivity index (χ3v) is 7.40. The molecule has 0 radical (unpaired) electrons. The van der Waals surface area contributed by atoms with E-state index in [1.807, 2.05) is 121 Å². The van der Waals surface area contributed by atoms with Crippen LogP contribution in [0.4, 0.5) is 0 Å². The predicted molar refractivity (Wildman–Crippen MR) is 165 cm³/mol. The van der Waals surface area contributed by atoms with E-state index in [4.69, 9.17) is 23.7 Å². The fourth-order valence-electron chi connectivity index (χ4n) is 5.15. The monoisotopic (exact) mass is 578 g/mol. The average Bonchev–Trinajstić information content (AvgIpc) is 3.07. The second-order valence-electron chi connectivity index (χ2n) is 10.6. The highest BCUT2D eigenvalue weighted by Crippen LogP contribution is 2.33. The van der Waals surface area contributed by atoms with Gasteiger partial charge in [-0.1, -0.05) is 128 Å². The Bertz CT molecular complexity index is 1380. The Morgan fingerprint density at radius 2 is 0.977 bits per heavy atom. The minimum absolute atomic E-state index is 0.230. The van der Waals surface area contributed by atoms with E-state index in [0.717, 1.165) is 28.5 Å². The van der Waals surface area contributed by atoms with Crippen LogP contribution in [0, 0.1) is 0 Å². The van der Waals surface area contributed by atoms with E-state index in [9.17, 15) is 4.79 Å². The summed E-state index contributed by atoms with van der Waals surface area (Å²) in [6, 6.07) is 39.8. The lowest BCUT2D eigenvalue weighted by molar-refractivity contribution is -0.264. The summed E-state index contributed by atoms with van der Waals surface area (Å²) in [5, 5.41) is 0. The second kappa shape index (κ2) is 16.1. The van der Waals surface area contributed by atoms with Crippen LogP contribution in [-0.2, 0) is 54.9 Å². The topological polar surface area (TPSA) is 63.2 Å². The zero-order valence-corrected chi connectivity index (χ0v) is 24.2. The van der Waals surface area contributed by atoms with Crippen LogP contribution in [0.5, 0.6) is 0 Å². The van der Waals surface area contributed by atoms with Gasteiger partial charge in [0.2, 0.25) is 0 Å². The van der Waals surface area contributed by atoms with Crippen LogP contribution in [0.25, 0.3) is 0 Å². The molecule has 0 unspecified atom stereocenters. The van der Waals surface area contributed by atoms with Gasteiger partial charge < -0.3 is 23.7 Å². The van der Waals surface area contributed by atoms with Crippen molar-refractivity contribution in [2.75, 3.05) is 6.61 Å². The third-order valence-electron chi connectivity index (χ3n) is 7.40. The van der Waals surface area contributed by atoms with Crippen molar-refractivity contribution >= 4 is 6.29 Å². The first kappa shape index (κ1) is 30.5. The van der Waals surface area contributed by atoms with Gasteiger partial charge in [-0.05, 0) is 22.3 Å². The van der Waals surface area contributed by atoms with E-state index >= 15 is 0 Å². The van der Waals surface area contributed by atoms with Gasteiger partial charge in [-0.3, -0.25) is 4.79 Å². The summed E-state index contributed by atoms with van der Waals surface area (Å²) < 4.78 is 32.5. The van der Waals surface area contributed by atoms with E-state index < -0.39 is 30.5 Å². The molecule has 5 atom stereocenters. The molecule has 0 N–H and O–H groups in total. The third kappa shape index (κ3) is 8.80. The molecule has 4 aromatic carbocycles. The maximum absolute atomic E-state index is 12.1. The van der Waals surface area contributed by atoms with Crippen molar-refractivity contribution in [3.63, 3.8) is 0 Å². The Labute approximate surface area is 253 Å². The number of carbonyl (C=O) groups is 1. The van der Waals surface area contributed by atoms with Crippen LogP contribution in [-0.4, -0.2) is 43.4 Å². The summed E-state index contributed by atoms with van der Waals surface area (Å²) in [4.78, 5) is 12.1. The molecule has 0 spiro atoms. The first-order chi connectivity index (χ1) is 21.2. The minimum atomic E-state index is -0.746. The summed E-state index contributed by atoms with van der Waals surface area (Å²) in [6.45, 7) is 5.66. The van der Waals surface area contributed by atoms with Gasteiger partial charge in [-0.15, -0.1) is 0 Å².